The van der Waals surface area contributed by atoms with Gasteiger partial charge in [0.25, 0.3) is 11.8 Å². The molecule has 0 saturated carbocycles. The van der Waals surface area contributed by atoms with E-state index in [0.717, 1.165) is 5.56 Å². The molecule has 1 amide bonds. The van der Waals surface area contributed by atoms with E-state index in [0.29, 0.717) is 45.8 Å². The zero-order chi connectivity index (χ0) is 22.5. The first-order chi connectivity index (χ1) is 15.6. The molecule has 1 aromatic heterocycles. The van der Waals surface area contributed by atoms with Crippen molar-refractivity contribution in [1.29, 1.82) is 0 Å². The first kappa shape index (κ1) is 20.9. The molecular weight excluding hydrogens is 410 g/mol. The lowest BCUT2D eigenvalue weighted by molar-refractivity contribution is 0.102. The number of carbonyl (C=O) groups is 1. The van der Waals surface area contributed by atoms with Gasteiger partial charge in [0.2, 0.25) is 5.82 Å². The Balaban J connectivity index is 1.55. The zero-order valence-electron chi connectivity index (χ0n) is 17.8. The maximum Gasteiger partial charge on any atom is 0.258 e. The molecule has 0 aliphatic rings. The molecule has 0 unspecified atom stereocenters. The highest BCUT2D eigenvalue weighted by atomic mass is 16.5. The Kier molecular flexibility index (Phi) is 6.03. The molecule has 0 bridgehead atoms. The summed E-state index contributed by atoms with van der Waals surface area (Å²) in [6.45, 7) is 0. The van der Waals surface area contributed by atoms with Crippen LogP contribution in [0.5, 0.6) is 17.2 Å². The maximum absolute atomic E-state index is 12.6. The molecule has 8 heteroatoms. The van der Waals surface area contributed by atoms with Crippen molar-refractivity contribution >= 4 is 11.6 Å². The third kappa shape index (κ3) is 4.39. The maximum atomic E-state index is 12.6. The second kappa shape index (κ2) is 9.22. The number of ether oxygens (including phenoxy) is 3. The zero-order valence-corrected chi connectivity index (χ0v) is 17.8. The van der Waals surface area contributed by atoms with Crippen LogP contribution in [0.3, 0.4) is 0 Å². The van der Waals surface area contributed by atoms with Crippen LogP contribution in [0, 0.1) is 0 Å². The van der Waals surface area contributed by atoms with Gasteiger partial charge in [-0.2, -0.15) is 4.98 Å². The Morgan fingerprint density at radius 1 is 0.844 bits per heavy atom. The third-order valence-electron chi connectivity index (χ3n) is 4.77. The predicted molar refractivity (Wildman–Crippen MR) is 119 cm³/mol. The second-order valence-electron chi connectivity index (χ2n) is 6.76. The lowest BCUT2D eigenvalue weighted by Crippen LogP contribution is -2.11. The number of nitrogens with zero attached hydrogens (tertiary/aromatic N) is 2. The molecular formula is C24H21N3O5. The summed E-state index contributed by atoms with van der Waals surface area (Å²) >= 11 is 0. The van der Waals surface area contributed by atoms with Crippen molar-refractivity contribution < 1.29 is 23.5 Å². The van der Waals surface area contributed by atoms with Crippen molar-refractivity contribution in [3.8, 4) is 40.1 Å². The van der Waals surface area contributed by atoms with Crippen LogP contribution in [0.2, 0.25) is 0 Å². The number of hydrogen-bond acceptors (Lipinski definition) is 7. The molecule has 0 saturated heterocycles. The minimum Gasteiger partial charge on any atom is -0.497 e. The second-order valence-corrected chi connectivity index (χ2v) is 6.76. The Labute approximate surface area is 184 Å². The highest BCUT2D eigenvalue weighted by molar-refractivity contribution is 6.04. The van der Waals surface area contributed by atoms with E-state index in [1.165, 1.54) is 0 Å². The minimum atomic E-state index is -0.252. The van der Waals surface area contributed by atoms with Gasteiger partial charge in [0.1, 0.15) is 5.75 Å². The first-order valence-corrected chi connectivity index (χ1v) is 9.73. The number of rotatable bonds is 7. The highest BCUT2D eigenvalue weighted by Crippen LogP contribution is 2.32. The minimum absolute atomic E-state index is 0.252. The summed E-state index contributed by atoms with van der Waals surface area (Å²) in [6.07, 6.45) is 0. The standard InChI is InChI=1S/C24H21N3O5/c1-29-19-9-5-6-16(13-19)23(28)25-18-8-4-7-17(12-18)24-26-22(27-32-24)15-10-11-20(30-2)21(14-15)31-3/h4-14H,1-3H3,(H,25,28). The van der Waals surface area contributed by atoms with Crippen LogP contribution in [0.4, 0.5) is 5.69 Å². The molecule has 162 valence electrons. The van der Waals surface area contributed by atoms with E-state index in [9.17, 15) is 4.79 Å². The molecule has 0 aliphatic carbocycles. The van der Waals surface area contributed by atoms with Crippen molar-refractivity contribution in [2.45, 2.75) is 0 Å². The van der Waals surface area contributed by atoms with Crippen molar-refractivity contribution in [3.63, 3.8) is 0 Å². The molecule has 0 aliphatic heterocycles. The van der Waals surface area contributed by atoms with E-state index in [4.69, 9.17) is 18.7 Å². The number of anilines is 1. The van der Waals surface area contributed by atoms with Crippen LogP contribution in [-0.4, -0.2) is 37.4 Å². The summed E-state index contributed by atoms with van der Waals surface area (Å²) in [5.41, 5.74) is 2.48. The summed E-state index contributed by atoms with van der Waals surface area (Å²) in [7, 11) is 4.69. The average Bonchev–Trinajstić information content (AvgIpc) is 3.34. The van der Waals surface area contributed by atoms with Gasteiger partial charge in [0.05, 0.1) is 21.3 Å². The average molecular weight is 431 g/mol. The van der Waals surface area contributed by atoms with Gasteiger partial charge in [0.15, 0.2) is 11.5 Å². The molecule has 0 radical (unpaired) electrons. The number of methoxy groups -OCH3 is 3. The van der Waals surface area contributed by atoms with E-state index in [-0.39, 0.29) is 5.91 Å². The summed E-state index contributed by atoms with van der Waals surface area (Å²) in [5.74, 6) is 2.27. The lowest BCUT2D eigenvalue weighted by Gasteiger charge is -2.07. The van der Waals surface area contributed by atoms with E-state index in [1.54, 1.807) is 75.9 Å². The SMILES string of the molecule is COc1cccc(C(=O)Nc2cccc(-c3nc(-c4ccc(OC)c(OC)c4)no3)c2)c1. The van der Waals surface area contributed by atoms with Crippen LogP contribution in [0.1, 0.15) is 10.4 Å². The van der Waals surface area contributed by atoms with Crippen molar-refractivity contribution in [3.05, 3.63) is 72.3 Å². The Bertz CT molecular complexity index is 1250. The van der Waals surface area contributed by atoms with Gasteiger partial charge in [-0.05, 0) is 54.6 Å². The third-order valence-corrected chi connectivity index (χ3v) is 4.77. The van der Waals surface area contributed by atoms with Crippen LogP contribution in [-0.2, 0) is 0 Å². The van der Waals surface area contributed by atoms with Crippen molar-refractivity contribution in [2.24, 2.45) is 0 Å². The van der Waals surface area contributed by atoms with E-state index >= 15 is 0 Å². The topological polar surface area (TPSA) is 95.7 Å². The molecule has 3 aromatic carbocycles. The molecule has 0 spiro atoms. The number of hydrogen-bond donors (Lipinski definition) is 1. The summed E-state index contributed by atoms with van der Waals surface area (Å²) < 4.78 is 21.2. The first-order valence-electron chi connectivity index (χ1n) is 9.73. The molecule has 0 fully saturated rings. The number of amides is 1. The van der Waals surface area contributed by atoms with Gasteiger partial charge in [-0.25, -0.2) is 0 Å². The number of carbonyl (C=O) groups excluding carboxylic acids is 1. The summed E-state index contributed by atoms with van der Waals surface area (Å²) in [4.78, 5) is 17.1. The number of aromatic nitrogens is 2. The fourth-order valence-electron chi connectivity index (χ4n) is 3.13. The molecule has 0 atom stereocenters. The molecule has 32 heavy (non-hydrogen) atoms. The summed E-state index contributed by atoms with van der Waals surface area (Å²) in [6, 6.07) is 19.5. The normalized spacial score (nSPS) is 10.5. The molecule has 4 rings (SSSR count). The van der Waals surface area contributed by atoms with Crippen molar-refractivity contribution in [2.75, 3.05) is 26.6 Å². The smallest absolute Gasteiger partial charge is 0.258 e. The Hall–Kier alpha value is -4.33. The monoisotopic (exact) mass is 431 g/mol. The van der Waals surface area contributed by atoms with Gasteiger partial charge < -0.3 is 24.1 Å². The predicted octanol–water partition coefficient (Wildman–Crippen LogP) is 4.68. The molecule has 1 heterocycles. The van der Waals surface area contributed by atoms with Gasteiger partial charge >= 0.3 is 0 Å². The van der Waals surface area contributed by atoms with Crippen LogP contribution >= 0.6 is 0 Å². The fourth-order valence-corrected chi connectivity index (χ4v) is 3.13. The van der Waals surface area contributed by atoms with Crippen LogP contribution in [0.25, 0.3) is 22.8 Å². The number of nitrogens with one attached hydrogen (secondary N) is 1. The van der Waals surface area contributed by atoms with E-state index in [1.807, 2.05) is 12.1 Å². The van der Waals surface area contributed by atoms with Gasteiger partial charge in [0, 0.05) is 22.4 Å². The van der Waals surface area contributed by atoms with Gasteiger partial charge in [-0.3, -0.25) is 4.79 Å². The van der Waals surface area contributed by atoms with Crippen LogP contribution in [0.15, 0.2) is 71.3 Å². The molecule has 1 N–H and O–H groups in total. The largest absolute Gasteiger partial charge is 0.497 e. The Morgan fingerprint density at radius 3 is 2.44 bits per heavy atom. The van der Waals surface area contributed by atoms with Gasteiger partial charge in [-0.15, -0.1) is 0 Å². The van der Waals surface area contributed by atoms with E-state index in [2.05, 4.69) is 15.5 Å². The van der Waals surface area contributed by atoms with Crippen molar-refractivity contribution in [1.82, 2.24) is 10.1 Å². The highest BCUT2D eigenvalue weighted by Gasteiger charge is 2.14. The van der Waals surface area contributed by atoms with E-state index < -0.39 is 0 Å². The molecule has 8 nitrogen and oxygen atoms in total. The lowest BCUT2D eigenvalue weighted by atomic mass is 10.1. The fraction of sp³-hybridized carbons (Fsp3) is 0.125. The number of benzene rings is 3. The quantitative estimate of drug-likeness (QED) is 0.454. The summed E-state index contributed by atoms with van der Waals surface area (Å²) in [5, 5.41) is 6.94. The van der Waals surface area contributed by atoms with Crippen LogP contribution < -0.4 is 19.5 Å². The van der Waals surface area contributed by atoms with Gasteiger partial charge in [-0.1, -0.05) is 17.3 Å². The molecule has 4 aromatic rings. The Morgan fingerprint density at radius 2 is 1.66 bits per heavy atom.